The van der Waals surface area contributed by atoms with Gasteiger partial charge in [0.15, 0.2) is 0 Å². The smallest absolute Gasteiger partial charge is 0.251 e. The highest BCUT2D eigenvalue weighted by molar-refractivity contribution is 5.97. The van der Waals surface area contributed by atoms with Crippen molar-refractivity contribution in [3.8, 4) is 5.75 Å². The van der Waals surface area contributed by atoms with E-state index in [0.29, 0.717) is 17.0 Å². The second-order valence-electron chi connectivity index (χ2n) is 5.52. The molecule has 0 atom stereocenters. The van der Waals surface area contributed by atoms with Crippen LogP contribution in [0, 0.1) is 0 Å². The Morgan fingerprint density at radius 2 is 2.04 bits per heavy atom. The van der Waals surface area contributed by atoms with Crippen molar-refractivity contribution < 1.29 is 14.3 Å². The summed E-state index contributed by atoms with van der Waals surface area (Å²) in [4.78, 5) is 30.7. The van der Waals surface area contributed by atoms with Gasteiger partial charge >= 0.3 is 0 Å². The van der Waals surface area contributed by atoms with Crippen LogP contribution >= 0.6 is 0 Å². The molecule has 0 aliphatic rings. The molecule has 2 aromatic carbocycles. The van der Waals surface area contributed by atoms with Gasteiger partial charge in [0.1, 0.15) is 5.75 Å². The van der Waals surface area contributed by atoms with Gasteiger partial charge in [-0.25, -0.2) is 4.98 Å². The van der Waals surface area contributed by atoms with Crippen LogP contribution in [-0.4, -0.2) is 28.9 Å². The van der Waals surface area contributed by atoms with E-state index in [0.717, 1.165) is 16.6 Å². The molecule has 25 heavy (non-hydrogen) atoms. The number of carbonyl (C=O) groups excluding carboxylic acids is 2. The van der Waals surface area contributed by atoms with Crippen LogP contribution in [0.5, 0.6) is 5.75 Å². The Hall–Kier alpha value is -3.35. The third-order valence-corrected chi connectivity index (χ3v) is 3.72. The Morgan fingerprint density at radius 3 is 2.80 bits per heavy atom. The largest absolute Gasteiger partial charge is 0.496 e. The highest BCUT2D eigenvalue weighted by atomic mass is 16.5. The second-order valence-corrected chi connectivity index (χ2v) is 5.52. The highest BCUT2D eigenvalue weighted by Crippen LogP contribution is 2.23. The van der Waals surface area contributed by atoms with Crippen molar-refractivity contribution in [3.05, 3.63) is 53.9 Å². The lowest BCUT2D eigenvalue weighted by molar-refractivity contribution is -0.114. The molecule has 0 fully saturated rings. The molecule has 0 aliphatic carbocycles. The summed E-state index contributed by atoms with van der Waals surface area (Å²) in [7, 11) is 1.56. The molecule has 0 bridgehead atoms. The zero-order valence-electron chi connectivity index (χ0n) is 13.9. The van der Waals surface area contributed by atoms with Crippen LogP contribution in [-0.2, 0) is 11.3 Å². The molecular weight excluding hydrogens is 320 g/mol. The highest BCUT2D eigenvalue weighted by Gasteiger charge is 2.10. The number of methoxy groups -OCH3 is 1. The van der Waals surface area contributed by atoms with E-state index >= 15 is 0 Å². The van der Waals surface area contributed by atoms with Crippen molar-refractivity contribution in [1.29, 1.82) is 0 Å². The third kappa shape index (κ3) is 3.77. The molecule has 0 radical (unpaired) electrons. The summed E-state index contributed by atoms with van der Waals surface area (Å²) in [6.45, 7) is 1.72. The van der Waals surface area contributed by atoms with Gasteiger partial charge < -0.3 is 20.4 Å². The minimum atomic E-state index is -0.205. The Bertz CT molecular complexity index is 933. The van der Waals surface area contributed by atoms with E-state index in [1.807, 2.05) is 0 Å². The molecule has 0 spiro atoms. The Morgan fingerprint density at radius 1 is 1.20 bits per heavy atom. The van der Waals surface area contributed by atoms with Crippen LogP contribution in [0.2, 0.25) is 0 Å². The van der Waals surface area contributed by atoms with Crippen molar-refractivity contribution in [2.45, 2.75) is 13.5 Å². The molecule has 0 unspecified atom stereocenters. The van der Waals surface area contributed by atoms with Gasteiger partial charge in [-0.15, -0.1) is 0 Å². The normalized spacial score (nSPS) is 10.5. The topological polar surface area (TPSA) is 96.1 Å². The SMILES string of the molecule is COc1ccc(NC(C)=O)cc1CNC(=O)c1ccc2nc[nH]c2c1. The molecule has 7 heteroatoms. The van der Waals surface area contributed by atoms with E-state index in [2.05, 4.69) is 20.6 Å². The molecule has 2 amide bonds. The maximum Gasteiger partial charge on any atom is 0.251 e. The number of carbonyl (C=O) groups is 2. The maximum atomic E-state index is 12.4. The molecule has 0 aliphatic heterocycles. The van der Waals surface area contributed by atoms with Crippen molar-refractivity contribution in [3.63, 3.8) is 0 Å². The Balaban J connectivity index is 1.75. The molecule has 7 nitrogen and oxygen atoms in total. The molecule has 0 saturated heterocycles. The average molecular weight is 338 g/mol. The molecule has 3 N–H and O–H groups in total. The zero-order valence-corrected chi connectivity index (χ0v) is 13.9. The number of aromatic amines is 1. The van der Waals surface area contributed by atoms with Gasteiger partial charge in [-0.1, -0.05) is 0 Å². The van der Waals surface area contributed by atoms with Crippen LogP contribution in [0.25, 0.3) is 11.0 Å². The minimum Gasteiger partial charge on any atom is -0.496 e. The number of hydrogen-bond acceptors (Lipinski definition) is 4. The minimum absolute atomic E-state index is 0.159. The predicted octanol–water partition coefficient (Wildman–Crippen LogP) is 2.46. The number of benzene rings is 2. The van der Waals surface area contributed by atoms with Gasteiger partial charge in [0.2, 0.25) is 5.91 Å². The van der Waals surface area contributed by atoms with Gasteiger partial charge in [-0.3, -0.25) is 9.59 Å². The van der Waals surface area contributed by atoms with Crippen molar-refractivity contribution in [2.24, 2.45) is 0 Å². The fraction of sp³-hybridized carbons (Fsp3) is 0.167. The first-order valence-electron chi connectivity index (χ1n) is 7.72. The first-order valence-corrected chi connectivity index (χ1v) is 7.72. The van der Waals surface area contributed by atoms with Crippen LogP contribution < -0.4 is 15.4 Å². The van der Waals surface area contributed by atoms with Gasteiger partial charge in [-0.2, -0.15) is 0 Å². The van der Waals surface area contributed by atoms with Crippen LogP contribution in [0.4, 0.5) is 5.69 Å². The van der Waals surface area contributed by atoms with Crippen molar-refractivity contribution in [2.75, 3.05) is 12.4 Å². The Kier molecular flexibility index (Phi) is 4.65. The fourth-order valence-corrected chi connectivity index (χ4v) is 2.55. The second kappa shape index (κ2) is 7.04. The lowest BCUT2D eigenvalue weighted by Crippen LogP contribution is -2.23. The van der Waals surface area contributed by atoms with E-state index in [1.54, 1.807) is 49.8 Å². The monoisotopic (exact) mass is 338 g/mol. The maximum absolute atomic E-state index is 12.4. The van der Waals surface area contributed by atoms with E-state index in [1.165, 1.54) is 6.92 Å². The van der Waals surface area contributed by atoms with Crippen molar-refractivity contribution in [1.82, 2.24) is 15.3 Å². The molecule has 1 heterocycles. The summed E-state index contributed by atoms with van der Waals surface area (Å²) < 4.78 is 5.31. The van der Waals surface area contributed by atoms with Gasteiger partial charge in [0.05, 0.1) is 24.5 Å². The molecule has 3 rings (SSSR count). The fourth-order valence-electron chi connectivity index (χ4n) is 2.55. The molecular formula is C18H18N4O3. The number of rotatable bonds is 5. The number of hydrogen-bond donors (Lipinski definition) is 3. The molecule has 1 aromatic heterocycles. The van der Waals surface area contributed by atoms with Crippen LogP contribution in [0.15, 0.2) is 42.7 Å². The van der Waals surface area contributed by atoms with Crippen molar-refractivity contribution >= 4 is 28.5 Å². The number of amides is 2. The van der Waals surface area contributed by atoms with Gasteiger partial charge in [0, 0.05) is 30.3 Å². The lowest BCUT2D eigenvalue weighted by atomic mass is 10.1. The number of imidazole rings is 1. The Labute approximate surface area is 144 Å². The summed E-state index contributed by atoms with van der Waals surface area (Å²) in [6.07, 6.45) is 1.59. The standard InChI is InChI=1S/C18H18N4O3/c1-11(23)22-14-4-6-17(25-2)13(7-14)9-19-18(24)12-3-5-15-16(8-12)21-10-20-15/h3-8,10H,9H2,1-2H3,(H,19,24)(H,20,21)(H,22,23). The number of anilines is 1. The third-order valence-electron chi connectivity index (χ3n) is 3.72. The summed E-state index contributed by atoms with van der Waals surface area (Å²) in [5.41, 5.74) is 3.56. The van der Waals surface area contributed by atoms with Gasteiger partial charge in [-0.05, 0) is 36.4 Å². The van der Waals surface area contributed by atoms with E-state index < -0.39 is 0 Å². The number of ether oxygens (including phenoxy) is 1. The molecule has 0 saturated carbocycles. The lowest BCUT2D eigenvalue weighted by Gasteiger charge is -2.12. The van der Waals surface area contributed by atoms with E-state index in [4.69, 9.17) is 4.74 Å². The first kappa shape index (κ1) is 16.5. The first-order chi connectivity index (χ1) is 12.1. The van der Waals surface area contributed by atoms with Crippen LogP contribution in [0.1, 0.15) is 22.8 Å². The number of H-pyrrole nitrogens is 1. The summed E-state index contributed by atoms with van der Waals surface area (Å²) in [6, 6.07) is 10.5. The number of fused-ring (bicyclic) bond motifs is 1. The average Bonchev–Trinajstić information content (AvgIpc) is 3.07. The molecule has 128 valence electrons. The van der Waals surface area contributed by atoms with Crippen LogP contribution in [0.3, 0.4) is 0 Å². The number of nitrogens with zero attached hydrogens (tertiary/aromatic N) is 1. The summed E-state index contributed by atoms with van der Waals surface area (Å²) >= 11 is 0. The van der Waals surface area contributed by atoms with Gasteiger partial charge in [0.25, 0.3) is 5.91 Å². The number of aromatic nitrogens is 2. The predicted molar refractivity (Wildman–Crippen MR) is 94.6 cm³/mol. The zero-order chi connectivity index (χ0) is 17.8. The number of nitrogens with one attached hydrogen (secondary N) is 3. The quantitative estimate of drug-likeness (QED) is 0.666. The molecule has 3 aromatic rings. The summed E-state index contributed by atoms with van der Waals surface area (Å²) in [5, 5.41) is 5.58. The summed E-state index contributed by atoms with van der Waals surface area (Å²) in [5.74, 6) is 0.273. The van der Waals surface area contributed by atoms with E-state index in [9.17, 15) is 9.59 Å². The van der Waals surface area contributed by atoms with E-state index in [-0.39, 0.29) is 18.4 Å².